The first-order valence-corrected chi connectivity index (χ1v) is 8.72. The highest BCUT2D eigenvalue weighted by Crippen LogP contribution is 2.40. The van der Waals surface area contributed by atoms with Crippen LogP contribution in [0.1, 0.15) is 5.56 Å². The molecule has 0 aliphatic rings. The van der Waals surface area contributed by atoms with Crippen LogP contribution in [0.25, 0.3) is 43.4 Å². The fourth-order valence-corrected chi connectivity index (χ4v) is 3.99. The van der Waals surface area contributed by atoms with Gasteiger partial charge in [-0.2, -0.15) is 0 Å². The Morgan fingerprint density at radius 2 is 1.04 bits per heavy atom. The van der Waals surface area contributed by atoms with E-state index in [-0.39, 0.29) is 0 Å². The molecule has 5 aromatic carbocycles. The Morgan fingerprint density at radius 1 is 0.480 bits per heavy atom. The van der Waals surface area contributed by atoms with Gasteiger partial charge in [0.2, 0.25) is 0 Å². The van der Waals surface area contributed by atoms with Crippen molar-refractivity contribution in [3.8, 4) is 11.1 Å². The molecule has 0 saturated carbocycles. The molecule has 0 radical (unpaired) electrons. The summed E-state index contributed by atoms with van der Waals surface area (Å²) in [5, 5.41) is 7.93. The molecule has 0 amide bonds. The van der Waals surface area contributed by atoms with Crippen LogP contribution in [-0.2, 0) is 0 Å². The topological polar surface area (TPSA) is 0 Å². The van der Waals surface area contributed by atoms with Crippen molar-refractivity contribution < 1.29 is 0 Å². The molecule has 25 heavy (non-hydrogen) atoms. The normalized spacial score (nSPS) is 11.4. The van der Waals surface area contributed by atoms with Crippen molar-refractivity contribution in [1.82, 2.24) is 0 Å². The summed E-state index contributed by atoms with van der Waals surface area (Å²) in [7, 11) is 0. The summed E-state index contributed by atoms with van der Waals surface area (Å²) in [6, 6.07) is 32.9. The molecule has 0 aliphatic carbocycles. The van der Waals surface area contributed by atoms with E-state index in [0.29, 0.717) is 0 Å². The lowest BCUT2D eigenvalue weighted by Crippen LogP contribution is -1.90. The average molecular weight is 318 g/mol. The highest BCUT2D eigenvalue weighted by atomic mass is 14.2. The zero-order valence-electron chi connectivity index (χ0n) is 14.2. The third kappa shape index (κ3) is 2.15. The summed E-state index contributed by atoms with van der Waals surface area (Å²) < 4.78 is 0. The van der Waals surface area contributed by atoms with Gasteiger partial charge in [-0.1, -0.05) is 78.9 Å². The lowest BCUT2D eigenvalue weighted by molar-refractivity contribution is 1.58. The Morgan fingerprint density at radius 3 is 1.76 bits per heavy atom. The first-order valence-electron chi connectivity index (χ1n) is 8.72. The second-order valence-electron chi connectivity index (χ2n) is 6.66. The summed E-state index contributed by atoms with van der Waals surface area (Å²) in [6.45, 7) is 2.24. The second kappa shape index (κ2) is 5.46. The van der Waals surface area contributed by atoms with Gasteiger partial charge >= 0.3 is 0 Å². The number of benzene rings is 5. The third-order valence-electron chi connectivity index (χ3n) is 5.22. The molecule has 0 saturated heterocycles. The predicted molar refractivity (Wildman–Crippen MR) is 109 cm³/mol. The maximum atomic E-state index is 2.35. The van der Waals surface area contributed by atoms with E-state index in [2.05, 4.69) is 97.9 Å². The molecule has 5 rings (SSSR count). The standard InChI is InChI=1S/C25H18/c1-17-21-13-7-8-14-22(21)25(18-9-3-2-4-10-18)24-16-20-12-6-5-11-19(20)15-23(17)24/h2-16H,1H3. The molecule has 0 spiro atoms. The molecule has 5 aromatic rings. The number of fused-ring (bicyclic) bond motifs is 3. The lowest BCUT2D eigenvalue weighted by Gasteiger charge is -2.16. The molecule has 0 bridgehead atoms. The largest absolute Gasteiger partial charge is 0.0622 e. The van der Waals surface area contributed by atoms with E-state index in [1.165, 1.54) is 49.0 Å². The van der Waals surface area contributed by atoms with Crippen LogP contribution >= 0.6 is 0 Å². The molecule has 0 unspecified atom stereocenters. The van der Waals surface area contributed by atoms with Crippen molar-refractivity contribution >= 4 is 32.3 Å². The highest BCUT2D eigenvalue weighted by Gasteiger charge is 2.13. The SMILES string of the molecule is Cc1c2ccccc2c(-c2ccccc2)c2cc3ccccc3cc12. The van der Waals surface area contributed by atoms with Crippen molar-refractivity contribution in [2.75, 3.05) is 0 Å². The van der Waals surface area contributed by atoms with Crippen molar-refractivity contribution in [3.63, 3.8) is 0 Å². The zero-order chi connectivity index (χ0) is 16.8. The predicted octanol–water partition coefficient (Wildman–Crippen LogP) is 7.12. The molecule has 0 fully saturated rings. The van der Waals surface area contributed by atoms with Crippen LogP contribution in [0.5, 0.6) is 0 Å². The Bertz CT molecular complexity index is 1230. The third-order valence-corrected chi connectivity index (χ3v) is 5.22. The highest BCUT2D eigenvalue weighted by molar-refractivity contribution is 6.17. The lowest BCUT2D eigenvalue weighted by atomic mass is 9.87. The van der Waals surface area contributed by atoms with Gasteiger partial charge in [-0.25, -0.2) is 0 Å². The second-order valence-corrected chi connectivity index (χ2v) is 6.66. The van der Waals surface area contributed by atoms with Crippen LogP contribution in [0.4, 0.5) is 0 Å². The first kappa shape index (κ1) is 14.2. The average Bonchev–Trinajstić information content (AvgIpc) is 2.68. The summed E-state index contributed by atoms with van der Waals surface area (Å²) in [5.74, 6) is 0. The van der Waals surface area contributed by atoms with Crippen LogP contribution in [-0.4, -0.2) is 0 Å². The smallest absolute Gasteiger partial charge is 0.00264 e. The van der Waals surface area contributed by atoms with Crippen LogP contribution < -0.4 is 0 Å². The van der Waals surface area contributed by atoms with Gasteiger partial charge < -0.3 is 0 Å². The van der Waals surface area contributed by atoms with E-state index >= 15 is 0 Å². The Hall–Kier alpha value is -3.12. The summed E-state index contributed by atoms with van der Waals surface area (Å²) in [6.07, 6.45) is 0. The molecule has 0 aliphatic heterocycles. The quantitative estimate of drug-likeness (QED) is 0.289. The molecular formula is C25H18. The maximum Gasteiger partial charge on any atom is -0.00264 e. The molecule has 0 heterocycles. The fourth-order valence-electron chi connectivity index (χ4n) is 3.99. The Kier molecular flexibility index (Phi) is 3.11. The molecule has 118 valence electrons. The maximum absolute atomic E-state index is 2.35. The molecule has 0 atom stereocenters. The summed E-state index contributed by atoms with van der Waals surface area (Å²) in [4.78, 5) is 0. The molecule has 0 heteroatoms. The molecule has 0 aromatic heterocycles. The van der Waals surface area contributed by atoms with Gasteiger partial charge in [-0.15, -0.1) is 0 Å². The Balaban J connectivity index is 2.07. The fraction of sp³-hybridized carbons (Fsp3) is 0.0400. The summed E-state index contributed by atoms with van der Waals surface area (Å²) >= 11 is 0. The van der Waals surface area contributed by atoms with Crippen LogP contribution in [0.2, 0.25) is 0 Å². The number of hydrogen-bond acceptors (Lipinski definition) is 0. The van der Waals surface area contributed by atoms with Crippen molar-refractivity contribution in [1.29, 1.82) is 0 Å². The molecular weight excluding hydrogens is 300 g/mol. The van der Waals surface area contributed by atoms with Gasteiger partial charge in [0, 0.05) is 0 Å². The van der Waals surface area contributed by atoms with Gasteiger partial charge in [-0.3, -0.25) is 0 Å². The van der Waals surface area contributed by atoms with E-state index in [1.807, 2.05) is 0 Å². The van der Waals surface area contributed by atoms with E-state index < -0.39 is 0 Å². The minimum absolute atomic E-state index is 1.28. The van der Waals surface area contributed by atoms with Crippen molar-refractivity contribution in [3.05, 3.63) is 96.6 Å². The van der Waals surface area contributed by atoms with Gasteiger partial charge in [0.1, 0.15) is 0 Å². The van der Waals surface area contributed by atoms with Gasteiger partial charge in [-0.05, 0) is 68.1 Å². The van der Waals surface area contributed by atoms with Crippen LogP contribution in [0, 0.1) is 6.92 Å². The zero-order valence-corrected chi connectivity index (χ0v) is 14.2. The van der Waals surface area contributed by atoms with E-state index in [4.69, 9.17) is 0 Å². The van der Waals surface area contributed by atoms with Crippen LogP contribution in [0.3, 0.4) is 0 Å². The monoisotopic (exact) mass is 318 g/mol. The van der Waals surface area contributed by atoms with E-state index in [1.54, 1.807) is 0 Å². The van der Waals surface area contributed by atoms with Gasteiger partial charge in [0.25, 0.3) is 0 Å². The number of rotatable bonds is 1. The minimum Gasteiger partial charge on any atom is -0.0622 e. The number of hydrogen-bond donors (Lipinski definition) is 0. The van der Waals surface area contributed by atoms with Gasteiger partial charge in [0.05, 0.1) is 0 Å². The molecule has 0 N–H and O–H groups in total. The first-order chi connectivity index (χ1) is 12.3. The molecule has 0 nitrogen and oxygen atoms in total. The van der Waals surface area contributed by atoms with E-state index in [9.17, 15) is 0 Å². The summed E-state index contributed by atoms with van der Waals surface area (Å²) in [5.41, 5.74) is 3.97. The van der Waals surface area contributed by atoms with E-state index in [0.717, 1.165) is 0 Å². The Labute approximate surface area is 147 Å². The van der Waals surface area contributed by atoms with Gasteiger partial charge in [0.15, 0.2) is 0 Å². The minimum atomic E-state index is 1.28. The van der Waals surface area contributed by atoms with Crippen LogP contribution in [0.15, 0.2) is 91.0 Å². The number of aryl methyl sites for hydroxylation is 1. The van der Waals surface area contributed by atoms with Crippen molar-refractivity contribution in [2.24, 2.45) is 0 Å². The van der Waals surface area contributed by atoms with Crippen molar-refractivity contribution in [2.45, 2.75) is 6.92 Å².